The second-order valence-electron chi connectivity index (χ2n) is 24.4. The van der Waals surface area contributed by atoms with Gasteiger partial charge in [0.1, 0.15) is 6.61 Å². The van der Waals surface area contributed by atoms with Crippen LogP contribution in [0.15, 0.2) is 72.9 Å². The molecular weight excluding hydrogens is 1070 g/mol. The number of hydrogen-bond donors (Lipinski definition) is 2. The summed E-state index contributed by atoms with van der Waals surface area (Å²) < 4.78 is 33.2. The molecule has 0 spiro atoms. The van der Waals surface area contributed by atoms with Crippen LogP contribution < -0.4 is 5.73 Å². The van der Waals surface area contributed by atoms with E-state index in [1.54, 1.807) is 0 Å². The molecule has 0 aromatic heterocycles. The smallest absolute Gasteiger partial charge is 0.462 e. The van der Waals surface area contributed by atoms with Crippen LogP contribution in [0.1, 0.15) is 361 Å². The van der Waals surface area contributed by atoms with Crippen molar-refractivity contribution in [2.24, 2.45) is 5.73 Å². The molecule has 0 aromatic carbocycles. The first-order valence-corrected chi connectivity index (χ1v) is 37.9. The Kier molecular flexibility index (Phi) is 68.4. The summed E-state index contributed by atoms with van der Waals surface area (Å²) in [6.45, 7) is 3.69. The van der Waals surface area contributed by atoms with E-state index in [-0.39, 0.29) is 38.6 Å². The van der Waals surface area contributed by atoms with Gasteiger partial charge in [-0.05, 0) is 83.5 Å². The van der Waals surface area contributed by atoms with E-state index in [2.05, 4.69) is 86.8 Å². The van der Waals surface area contributed by atoms with Crippen LogP contribution in [0, 0.1) is 0 Å². The van der Waals surface area contributed by atoms with Gasteiger partial charge < -0.3 is 20.1 Å². The zero-order valence-electron chi connectivity index (χ0n) is 55.8. The number of carbonyl (C=O) groups is 2. The number of hydrogen-bond acceptors (Lipinski definition) is 8. The molecular formula is C75H138NO8P. The molecule has 85 heavy (non-hydrogen) atoms. The molecule has 9 nitrogen and oxygen atoms in total. The van der Waals surface area contributed by atoms with E-state index in [4.69, 9.17) is 24.3 Å². The van der Waals surface area contributed by atoms with Crippen molar-refractivity contribution in [1.82, 2.24) is 0 Å². The van der Waals surface area contributed by atoms with Crippen molar-refractivity contribution >= 4 is 19.8 Å². The van der Waals surface area contributed by atoms with Crippen molar-refractivity contribution in [2.45, 2.75) is 367 Å². The Morgan fingerprint density at radius 3 is 0.976 bits per heavy atom. The van der Waals surface area contributed by atoms with E-state index in [1.807, 2.05) is 0 Å². The van der Waals surface area contributed by atoms with Gasteiger partial charge >= 0.3 is 19.8 Å². The minimum absolute atomic E-state index is 0.0545. The summed E-state index contributed by atoms with van der Waals surface area (Å²) in [7, 11) is -4.39. The SMILES string of the molecule is CC/C=C\C/C=C\C/C=C\C/C=C\C/C=C\CCCCCCCCCCCCCCCCCCCCCCCCCCCC(=O)OC(COC(=O)CCCCCCCCCCCCC/C=C\CCCCCCCCCC)COP(=O)(O)OCCN. The number of carbonyl (C=O) groups excluding carboxylic acids is 2. The topological polar surface area (TPSA) is 134 Å². The predicted molar refractivity (Wildman–Crippen MR) is 367 cm³/mol. The van der Waals surface area contributed by atoms with Gasteiger partial charge in [0.2, 0.25) is 0 Å². The second kappa shape index (κ2) is 70.5. The van der Waals surface area contributed by atoms with E-state index in [9.17, 15) is 19.0 Å². The van der Waals surface area contributed by atoms with Crippen molar-refractivity contribution in [2.75, 3.05) is 26.4 Å². The molecule has 0 aromatic rings. The number of esters is 2. The zero-order chi connectivity index (χ0) is 61.6. The van der Waals surface area contributed by atoms with Crippen LogP contribution in [0.4, 0.5) is 0 Å². The van der Waals surface area contributed by atoms with E-state index < -0.39 is 26.5 Å². The minimum atomic E-state index is -4.39. The zero-order valence-corrected chi connectivity index (χ0v) is 56.7. The van der Waals surface area contributed by atoms with Gasteiger partial charge in [-0.25, -0.2) is 4.57 Å². The Labute approximate surface area is 526 Å². The lowest BCUT2D eigenvalue weighted by Gasteiger charge is -2.19. The number of phosphoric acid groups is 1. The third-order valence-electron chi connectivity index (χ3n) is 16.1. The van der Waals surface area contributed by atoms with Crippen LogP contribution >= 0.6 is 7.82 Å². The maximum absolute atomic E-state index is 12.8. The van der Waals surface area contributed by atoms with Gasteiger partial charge in [0.25, 0.3) is 0 Å². The van der Waals surface area contributed by atoms with E-state index >= 15 is 0 Å². The largest absolute Gasteiger partial charge is 0.472 e. The number of unbranched alkanes of at least 4 members (excludes halogenated alkanes) is 44. The Morgan fingerprint density at radius 1 is 0.365 bits per heavy atom. The molecule has 0 fully saturated rings. The lowest BCUT2D eigenvalue weighted by Crippen LogP contribution is -2.29. The summed E-state index contributed by atoms with van der Waals surface area (Å²) in [5.41, 5.74) is 5.40. The highest BCUT2D eigenvalue weighted by molar-refractivity contribution is 7.47. The molecule has 2 atom stereocenters. The molecule has 0 bridgehead atoms. The fraction of sp³-hybridized carbons (Fsp3) is 0.813. The summed E-state index contributed by atoms with van der Waals surface area (Å²) in [5.74, 6) is -0.810. The van der Waals surface area contributed by atoms with Gasteiger partial charge in [0, 0.05) is 19.4 Å². The van der Waals surface area contributed by atoms with Crippen molar-refractivity contribution in [1.29, 1.82) is 0 Å². The highest BCUT2D eigenvalue weighted by atomic mass is 31.2. The third kappa shape index (κ3) is 70.4. The number of phosphoric ester groups is 1. The van der Waals surface area contributed by atoms with Gasteiger partial charge in [-0.2, -0.15) is 0 Å². The van der Waals surface area contributed by atoms with Gasteiger partial charge in [-0.15, -0.1) is 0 Å². The lowest BCUT2D eigenvalue weighted by molar-refractivity contribution is -0.161. The Morgan fingerprint density at radius 2 is 0.647 bits per heavy atom. The van der Waals surface area contributed by atoms with Crippen LogP contribution in [-0.2, 0) is 32.7 Å². The lowest BCUT2D eigenvalue weighted by atomic mass is 10.0. The molecule has 0 saturated heterocycles. The molecule has 0 radical (unpaired) electrons. The Hall–Kier alpha value is -2.55. The fourth-order valence-corrected chi connectivity index (χ4v) is 11.5. The van der Waals surface area contributed by atoms with Crippen LogP contribution in [0.25, 0.3) is 0 Å². The Bertz CT molecular complexity index is 1620. The molecule has 0 aliphatic rings. The van der Waals surface area contributed by atoms with Crippen LogP contribution in [-0.4, -0.2) is 49.3 Å². The highest BCUT2D eigenvalue weighted by Gasteiger charge is 2.26. The van der Waals surface area contributed by atoms with E-state index in [0.29, 0.717) is 6.42 Å². The first kappa shape index (κ1) is 82.5. The first-order valence-electron chi connectivity index (χ1n) is 36.4. The molecule has 2 unspecified atom stereocenters. The molecule has 0 rings (SSSR count). The maximum Gasteiger partial charge on any atom is 0.472 e. The van der Waals surface area contributed by atoms with Crippen LogP contribution in [0.2, 0.25) is 0 Å². The fourth-order valence-electron chi connectivity index (χ4n) is 10.7. The summed E-state index contributed by atoms with van der Waals surface area (Å²) in [6, 6.07) is 0. The highest BCUT2D eigenvalue weighted by Crippen LogP contribution is 2.43. The average molecular weight is 1210 g/mol. The summed E-state index contributed by atoms with van der Waals surface area (Å²) in [6.07, 6.45) is 93.0. The number of nitrogens with two attached hydrogens (primary N) is 1. The minimum Gasteiger partial charge on any atom is -0.462 e. The van der Waals surface area contributed by atoms with Crippen molar-refractivity contribution in [3.8, 4) is 0 Å². The second-order valence-corrected chi connectivity index (χ2v) is 25.9. The molecule has 496 valence electrons. The van der Waals surface area contributed by atoms with Crippen LogP contribution in [0.5, 0.6) is 0 Å². The first-order chi connectivity index (χ1) is 41.8. The normalized spacial score (nSPS) is 13.3. The van der Waals surface area contributed by atoms with Crippen LogP contribution in [0.3, 0.4) is 0 Å². The maximum atomic E-state index is 12.8. The quantitative estimate of drug-likeness (QED) is 0.0264. The summed E-state index contributed by atoms with van der Waals surface area (Å²) >= 11 is 0. The summed E-state index contributed by atoms with van der Waals surface area (Å²) in [4.78, 5) is 35.4. The van der Waals surface area contributed by atoms with Crippen molar-refractivity contribution < 1.29 is 37.6 Å². The van der Waals surface area contributed by atoms with E-state index in [1.165, 1.54) is 263 Å². The monoisotopic (exact) mass is 1210 g/mol. The molecule has 0 aliphatic heterocycles. The average Bonchev–Trinajstić information content (AvgIpc) is 3.52. The summed E-state index contributed by atoms with van der Waals surface area (Å²) in [5, 5.41) is 0. The van der Waals surface area contributed by atoms with Gasteiger partial charge in [-0.3, -0.25) is 18.6 Å². The predicted octanol–water partition coefficient (Wildman–Crippen LogP) is 24.0. The van der Waals surface area contributed by atoms with Gasteiger partial charge in [0.05, 0.1) is 13.2 Å². The molecule has 0 heterocycles. The number of allylic oxidation sites excluding steroid dienone is 12. The van der Waals surface area contributed by atoms with Crippen molar-refractivity contribution in [3.63, 3.8) is 0 Å². The molecule has 3 N–H and O–H groups in total. The van der Waals surface area contributed by atoms with Crippen molar-refractivity contribution in [3.05, 3.63) is 72.9 Å². The molecule has 10 heteroatoms. The Balaban J connectivity index is 3.77. The standard InChI is InChI=1S/C75H138NO8P/c1-3-5-7-9-11-13-15-17-19-21-23-25-27-28-29-30-31-32-33-34-35-36-37-38-39-40-41-42-43-44-46-48-50-52-54-56-58-60-62-64-66-68-75(78)84-73(72-83-85(79,80)82-70-69-76)71-81-74(77)67-65-63-61-59-57-55-53-51-49-47-45-26-24-22-20-18-16-14-12-10-8-6-4-2/h5,7,11,13,17,19,22-25,28-29,73H,3-4,6,8-10,12,14-16,18,20-21,26-27,30-72,76H2,1-2H3,(H,79,80)/b7-5-,13-11-,19-17-,24-22-,25-23-,29-28-. The number of rotatable bonds is 69. The molecule has 0 aliphatic carbocycles. The molecule has 0 saturated carbocycles. The van der Waals surface area contributed by atoms with E-state index in [0.717, 1.165) is 64.2 Å². The van der Waals surface area contributed by atoms with Gasteiger partial charge in [-0.1, -0.05) is 337 Å². The number of ether oxygens (including phenoxy) is 2. The van der Waals surface area contributed by atoms with Gasteiger partial charge in [0.15, 0.2) is 6.10 Å². The molecule has 0 amide bonds. The third-order valence-corrected chi connectivity index (χ3v) is 17.1.